The van der Waals surface area contributed by atoms with E-state index in [9.17, 15) is 33.1 Å². The Labute approximate surface area is 391 Å². The van der Waals surface area contributed by atoms with Crippen molar-refractivity contribution in [3.63, 3.8) is 0 Å². The maximum Gasteiger partial charge on any atom is 0.397 e. The van der Waals surface area contributed by atoms with E-state index in [0.29, 0.717) is 13.0 Å². The van der Waals surface area contributed by atoms with Crippen molar-refractivity contribution in [3.8, 4) is 0 Å². The van der Waals surface area contributed by atoms with E-state index >= 15 is 0 Å². The summed E-state index contributed by atoms with van der Waals surface area (Å²) in [6.07, 6.45) is 40.8. The van der Waals surface area contributed by atoms with E-state index in [1.165, 1.54) is 161 Å². The van der Waals surface area contributed by atoms with Crippen molar-refractivity contribution in [2.45, 2.75) is 269 Å². The van der Waals surface area contributed by atoms with Gasteiger partial charge in [-0.15, -0.1) is 0 Å². The van der Waals surface area contributed by atoms with E-state index in [0.717, 1.165) is 44.9 Å². The molecule has 378 valence electrons. The van der Waals surface area contributed by atoms with Crippen molar-refractivity contribution >= 4 is 16.4 Å². The highest BCUT2D eigenvalue weighted by Gasteiger charge is 2.48. The minimum atomic E-state index is -5.06. The smallest absolute Gasteiger partial charge is 0.397 e. The van der Waals surface area contributed by atoms with Crippen LogP contribution in [0.3, 0.4) is 0 Å². The van der Waals surface area contributed by atoms with Crippen LogP contribution in [-0.4, -0.2) is 97.5 Å². The fourth-order valence-corrected chi connectivity index (χ4v) is 8.57. The summed E-state index contributed by atoms with van der Waals surface area (Å²) >= 11 is 0. The Morgan fingerprint density at radius 3 is 1.45 bits per heavy atom. The zero-order chi connectivity index (χ0) is 46.8. The Hall–Kier alpha value is -1.42. The first kappa shape index (κ1) is 60.6. The van der Waals surface area contributed by atoms with Gasteiger partial charge in [0.25, 0.3) is 0 Å². The molecule has 6 unspecified atom stereocenters. The second-order valence-corrected chi connectivity index (χ2v) is 19.2. The standard InChI is InChI=1S/C51H96O12S/c1-3-5-7-9-11-13-15-17-18-19-20-21-22-23-24-25-26-27-28-29-30-32-34-36-38-40-47(53)61-45(43-59-41-39-37-35-33-31-16-14-12-10-8-6-4-2)44-60-51-49(55)50(63-64(56,57)58)48(54)46(42-52)62-51/h10,12,19-20,45-46,48-52,54-55H,3-9,11,13-18,21-44H2,1-2H3,(H,56,57,58)/b12-10-,20-19-. The number of aliphatic hydroxyl groups is 3. The van der Waals surface area contributed by atoms with Crippen molar-refractivity contribution in [2.75, 3.05) is 26.4 Å². The number of carbonyl (C=O) groups is 1. The van der Waals surface area contributed by atoms with Gasteiger partial charge in [0.2, 0.25) is 0 Å². The molecule has 1 fully saturated rings. The summed E-state index contributed by atoms with van der Waals surface area (Å²) in [4.78, 5) is 12.9. The van der Waals surface area contributed by atoms with E-state index < -0.39 is 59.8 Å². The first-order valence-corrected chi connectivity index (χ1v) is 27.5. The highest BCUT2D eigenvalue weighted by molar-refractivity contribution is 7.80. The lowest BCUT2D eigenvalue weighted by atomic mass is 9.99. The first-order valence-electron chi connectivity index (χ1n) is 26.1. The molecule has 0 bridgehead atoms. The van der Waals surface area contributed by atoms with E-state index in [1.807, 2.05) is 0 Å². The molecule has 1 aliphatic rings. The number of ether oxygens (including phenoxy) is 4. The number of esters is 1. The lowest BCUT2D eigenvalue weighted by molar-refractivity contribution is -0.301. The van der Waals surface area contributed by atoms with Crippen LogP contribution >= 0.6 is 0 Å². The molecule has 6 atom stereocenters. The van der Waals surface area contributed by atoms with Crippen molar-refractivity contribution in [2.24, 2.45) is 0 Å². The molecule has 4 N–H and O–H groups in total. The predicted octanol–water partition coefficient (Wildman–Crippen LogP) is 12.0. The van der Waals surface area contributed by atoms with Crippen LogP contribution in [0.1, 0.15) is 232 Å². The molecule has 0 aromatic rings. The molecule has 64 heavy (non-hydrogen) atoms. The molecule has 0 amide bonds. The third kappa shape index (κ3) is 35.7. The van der Waals surface area contributed by atoms with Crippen molar-refractivity contribution in [1.82, 2.24) is 0 Å². The van der Waals surface area contributed by atoms with Crippen LogP contribution in [0.2, 0.25) is 0 Å². The molecule has 0 aromatic carbocycles. The summed E-state index contributed by atoms with van der Waals surface area (Å²) in [7, 11) is -5.06. The SMILES string of the molecule is CCCC/C=C\CCCCCCCCOCC(COC1OC(CO)C(O)C(OS(=O)(=O)O)C1O)OC(=O)CCCCCCCCCCCCCCC/C=C\CCCCCCCCCC. The zero-order valence-corrected chi connectivity index (χ0v) is 41.4. The highest BCUT2D eigenvalue weighted by Crippen LogP contribution is 2.26. The molecule has 0 aliphatic carbocycles. The van der Waals surface area contributed by atoms with E-state index in [2.05, 4.69) is 42.3 Å². The van der Waals surface area contributed by atoms with Gasteiger partial charge in [-0.3, -0.25) is 9.35 Å². The number of hydrogen-bond acceptors (Lipinski definition) is 11. The van der Waals surface area contributed by atoms with Gasteiger partial charge in [0.05, 0.1) is 19.8 Å². The van der Waals surface area contributed by atoms with Gasteiger partial charge >= 0.3 is 16.4 Å². The van der Waals surface area contributed by atoms with Crippen molar-refractivity contribution < 1.29 is 56.2 Å². The summed E-state index contributed by atoms with van der Waals surface area (Å²) in [6.45, 7) is 3.97. The molecule has 1 heterocycles. The third-order valence-corrected chi connectivity index (χ3v) is 12.5. The van der Waals surface area contributed by atoms with Crippen LogP contribution < -0.4 is 0 Å². The maximum atomic E-state index is 12.9. The van der Waals surface area contributed by atoms with Crippen LogP contribution in [0.15, 0.2) is 24.3 Å². The van der Waals surface area contributed by atoms with E-state index in [4.69, 9.17) is 18.9 Å². The Morgan fingerprint density at radius 1 is 0.578 bits per heavy atom. The predicted molar refractivity (Wildman–Crippen MR) is 257 cm³/mol. The monoisotopic (exact) mass is 933 g/mol. The van der Waals surface area contributed by atoms with E-state index in [-0.39, 0.29) is 19.6 Å². The Bertz CT molecular complexity index is 1210. The Balaban J connectivity index is 2.28. The molecule has 0 aromatic heterocycles. The molecular formula is C51H96O12S. The lowest BCUT2D eigenvalue weighted by Crippen LogP contribution is -2.60. The van der Waals surface area contributed by atoms with Gasteiger partial charge in [0.1, 0.15) is 30.5 Å². The minimum Gasteiger partial charge on any atom is -0.457 e. The normalized spacial score (nSPS) is 19.9. The molecule has 1 saturated heterocycles. The van der Waals surface area contributed by atoms with Crippen LogP contribution in [0.4, 0.5) is 0 Å². The Morgan fingerprint density at radius 2 is 1.00 bits per heavy atom. The van der Waals surface area contributed by atoms with E-state index in [1.54, 1.807) is 0 Å². The third-order valence-electron chi connectivity index (χ3n) is 12.0. The van der Waals surface area contributed by atoms with Gasteiger partial charge in [0.15, 0.2) is 6.29 Å². The van der Waals surface area contributed by atoms with Gasteiger partial charge in [-0.05, 0) is 57.8 Å². The fourth-order valence-electron chi connectivity index (χ4n) is 8.06. The largest absolute Gasteiger partial charge is 0.457 e. The van der Waals surface area contributed by atoms with Crippen molar-refractivity contribution in [3.05, 3.63) is 24.3 Å². The Kier molecular flexibility index (Phi) is 40.6. The molecular weight excluding hydrogens is 837 g/mol. The zero-order valence-electron chi connectivity index (χ0n) is 40.6. The number of hydrogen-bond donors (Lipinski definition) is 4. The van der Waals surface area contributed by atoms with Gasteiger partial charge in [-0.2, -0.15) is 8.42 Å². The first-order chi connectivity index (χ1) is 31.1. The number of rotatable bonds is 46. The number of aliphatic hydroxyl groups excluding tert-OH is 3. The molecule has 1 rings (SSSR count). The van der Waals surface area contributed by atoms with Crippen LogP contribution in [-0.2, 0) is 38.3 Å². The second kappa shape index (κ2) is 42.9. The molecule has 0 saturated carbocycles. The minimum absolute atomic E-state index is 0.0347. The molecule has 12 nitrogen and oxygen atoms in total. The van der Waals surface area contributed by atoms with Gasteiger partial charge < -0.3 is 34.3 Å². The number of allylic oxidation sites excluding steroid dienone is 4. The van der Waals surface area contributed by atoms with Gasteiger partial charge in [-0.1, -0.05) is 192 Å². The van der Waals surface area contributed by atoms with Crippen LogP contribution in [0.5, 0.6) is 0 Å². The number of carbonyl (C=O) groups excluding carboxylic acids is 1. The summed E-state index contributed by atoms with van der Waals surface area (Å²) in [5.41, 5.74) is 0. The highest BCUT2D eigenvalue weighted by atomic mass is 32.3. The van der Waals surface area contributed by atoms with Crippen LogP contribution in [0.25, 0.3) is 0 Å². The average molecular weight is 933 g/mol. The van der Waals surface area contributed by atoms with Gasteiger partial charge in [0, 0.05) is 13.0 Å². The molecule has 0 spiro atoms. The lowest BCUT2D eigenvalue weighted by Gasteiger charge is -2.41. The van der Waals surface area contributed by atoms with Gasteiger partial charge in [-0.25, -0.2) is 4.18 Å². The number of unbranched alkanes of at least 4 members (excludes halogenated alkanes) is 29. The second-order valence-electron chi connectivity index (χ2n) is 18.1. The van der Waals surface area contributed by atoms with Crippen molar-refractivity contribution in [1.29, 1.82) is 0 Å². The summed E-state index contributed by atoms with van der Waals surface area (Å²) in [5.74, 6) is -0.399. The summed E-state index contributed by atoms with van der Waals surface area (Å²) in [5, 5.41) is 30.7. The van der Waals surface area contributed by atoms with Crippen LogP contribution in [0, 0.1) is 0 Å². The maximum absolute atomic E-state index is 12.9. The molecule has 13 heteroatoms. The quantitative estimate of drug-likeness (QED) is 0.0197. The summed E-state index contributed by atoms with van der Waals surface area (Å²) < 4.78 is 59.2. The summed E-state index contributed by atoms with van der Waals surface area (Å²) in [6, 6.07) is 0. The average Bonchev–Trinajstić information content (AvgIpc) is 3.27. The molecule has 0 radical (unpaired) electrons. The fraction of sp³-hybridized carbons (Fsp3) is 0.902. The molecule has 1 aliphatic heterocycles. The topological polar surface area (TPSA) is 178 Å².